The number of halogens is 3. The number of anilines is 1. The van der Waals surface area contributed by atoms with Crippen LogP contribution in [0.5, 0.6) is 0 Å². The van der Waals surface area contributed by atoms with Crippen molar-refractivity contribution in [3.8, 4) is 10.4 Å². The summed E-state index contributed by atoms with van der Waals surface area (Å²) in [5, 5.41) is 27.1. The zero-order valence-electron chi connectivity index (χ0n) is 46.9. The Bertz CT molecular complexity index is 3000. The maximum atomic E-state index is 16.4. The van der Waals surface area contributed by atoms with E-state index in [1.54, 1.807) is 35.6 Å². The Morgan fingerprint density at radius 1 is 0.926 bits per heavy atom. The molecule has 3 saturated heterocycles. The predicted molar refractivity (Wildman–Crippen MR) is 312 cm³/mol. The predicted octanol–water partition coefficient (Wildman–Crippen LogP) is 9.50. The molecule has 6 N–H and O–H groups in total. The number of piperidine rings is 1. The minimum absolute atomic E-state index is 0.00275. The number of aromatic nitrogens is 1. The number of carbonyl (C=O) groups excluding carboxylic acids is 6. The van der Waals surface area contributed by atoms with E-state index < -0.39 is 58.2 Å². The lowest BCUT2D eigenvalue weighted by Gasteiger charge is -2.47. The van der Waals surface area contributed by atoms with E-state index in [-0.39, 0.29) is 78.0 Å². The Morgan fingerprint density at radius 2 is 1.65 bits per heavy atom. The number of hydrogen-bond donors (Lipinski definition) is 6. The highest BCUT2D eigenvalue weighted by Gasteiger charge is 2.72. The molecule has 6 amide bonds. The van der Waals surface area contributed by atoms with Crippen molar-refractivity contribution in [1.82, 2.24) is 36.1 Å². The SMILES string of the molecule is Cc1ncsc1-c1ccc(CNC(=O)[C@@H]2C[C@@H](O)CN2C(=O)[C@@H](NC(=O)CCCCC2CCN(C(=O)C3CCC(NC(=O)[C@@H]4NC5(CCCCC5)[C@@]5(C(=O)Nc6cc(Cl)ccc65)[C@H]4c4cccc(Cl)c4F)CC3)CC2)C(C)(C)C)cc1. The Morgan fingerprint density at radius 3 is 2.35 bits per heavy atom. The molecular formula is C62H77Cl2FN8O7S. The molecule has 6 atom stereocenters. The number of benzene rings is 3. The van der Waals surface area contributed by atoms with E-state index in [0.29, 0.717) is 80.2 Å². The molecule has 81 heavy (non-hydrogen) atoms. The molecule has 19 heteroatoms. The topological polar surface area (TPSA) is 202 Å². The minimum atomic E-state index is -1.32. The first-order valence-electron chi connectivity index (χ1n) is 29.2. The van der Waals surface area contributed by atoms with Gasteiger partial charge in [-0.1, -0.05) is 119 Å². The van der Waals surface area contributed by atoms with Gasteiger partial charge in [-0.15, -0.1) is 11.3 Å². The van der Waals surface area contributed by atoms with Crippen molar-refractivity contribution in [2.45, 2.75) is 184 Å². The van der Waals surface area contributed by atoms with Crippen molar-refractivity contribution < 1.29 is 38.3 Å². The summed E-state index contributed by atoms with van der Waals surface area (Å²) in [6, 6.07) is 15.1. The lowest BCUT2D eigenvalue weighted by atomic mass is 9.55. The second-order valence-electron chi connectivity index (χ2n) is 24.9. The van der Waals surface area contributed by atoms with Gasteiger partial charge in [-0.2, -0.15) is 0 Å². The van der Waals surface area contributed by atoms with Crippen LogP contribution in [0.25, 0.3) is 10.4 Å². The fourth-order valence-electron chi connectivity index (χ4n) is 14.4. The summed E-state index contributed by atoms with van der Waals surface area (Å²) in [6.45, 7) is 9.21. The molecule has 5 heterocycles. The van der Waals surface area contributed by atoms with E-state index in [9.17, 15) is 33.9 Å². The number of hydrogen-bond acceptors (Lipinski definition) is 10. The molecule has 0 radical (unpaired) electrons. The summed E-state index contributed by atoms with van der Waals surface area (Å²) in [5.74, 6) is -2.71. The molecule has 4 aromatic rings. The van der Waals surface area contributed by atoms with Crippen molar-refractivity contribution in [2.75, 3.05) is 25.0 Å². The molecule has 434 valence electrons. The molecular weight excluding hydrogens is 1090 g/mol. The number of unbranched alkanes of at least 4 members (excludes halogenated alkanes) is 1. The van der Waals surface area contributed by atoms with Crippen LogP contribution in [0.3, 0.4) is 0 Å². The third-order valence-electron chi connectivity index (χ3n) is 18.6. The van der Waals surface area contributed by atoms with E-state index in [0.717, 1.165) is 66.6 Å². The summed E-state index contributed by atoms with van der Waals surface area (Å²) in [7, 11) is 0. The quantitative estimate of drug-likeness (QED) is 0.0627. The molecule has 3 aromatic carbocycles. The van der Waals surface area contributed by atoms with Gasteiger partial charge in [0, 0.05) is 73.1 Å². The van der Waals surface area contributed by atoms with E-state index in [2.05, 4.69) is 31.6 Å². The monoisotopic (exact) mass is 1170 g/mol. The number of aryl methyl sites for hydroxylation is 1. The molecule has 15 nitrogen and oxygen atoms in total. The largest absolute Gasteiger partial charge is 0.391 e. The number of likely N-dealkylation sites (tertiary alicyclic amines) is 2. The van der Waals surface area contributed by atoms with Crippen molar-refractivity contribution in [3.63, 3.8) is 0 Å². The van der Waals surface area contributed by atoms with Crippen LogP contribution >= 0.6 is 34.5 Å². The summed E-state index contributed by atoms with van der Waals surface area (Å²) >= 11 is 14.5. The number of β-amino-alcohol motifs (C(OH)–C–C–N with tert-alkyl or cyclic N) is 1. The second-order valence-corrected chi connectivity index (χ2v) is 26.6. The summed E-state index contributed by atoms with van der Waals surface area (Å²) in [6.07, 6.45) is 10.1. The summed E-state index contributed by atoms with van der Waals surface area (Å²) < 4.78 is 16.4. The summed E-state index contributed by atoms with van der Waals surface area (Å²) in [5.41, 5.74) is 3.39. The van der Waals surface area contributed by atoms with Crippen LogP contribution in [0.4, 0.5) is 10.1 Å². The van der Waals surface area contributed by atoms with Crippen molar-refractivity contribution >= 4 is 75.7 Å². The van der Waals surface area contributed by atoms with Gasteiger partial charge < -0.3 is 36.2 Å². The average molecular weight is 1170 g/mol. The Kier molecular flexibility index (Phi) is 17.7. The zero-order valence-corrected chi connectivity index (χ0v) is 49.2. The normalized spacial score (nSPS) is 25.9. The number of fused-ring (bicyclic) bond motifs is 3. The Labute approximate surface area is 488 Å². The number of nitrogens with zero attached hydrogens (tertiary/aromatic N) is 3. The second kappa shape index (κ2) is 24.4. The molecule has 2 spiro atoms. The van der Waals surface area contributed by atoms with Gasteiger partial charge in [-0.25, -0.2) is 9.37 Å². The molecule has 0 unspecified atom stereocenters. The van der Waals surface area contributed by atoms with Gasteiger partial charge in [0.1, 0.15) is 23.3 Å². The molecule has 2 aliphatic carbocycles. The standard InChI is InChI=1S/C62H77Cl2FN8O7S/c1-36-53(81-35-67-36)39-17-15-38(16-18-39)33-66-55(76)48-32-43(74)34-73(48)58(79)54(60(2,3)4)70-49(75)14-7-6-11-37-25-29-72(30-26-37)57(78)40-19-22-42(23-20-40)68-56(77)52-50(44-12-10-13-46(64)51(44)65)62(61(71-52)27-8-5-9-28-61)45-24-21-41(63)31-47(45)69-59(62)80/h10,12-13,15-18,21,24,31,35,37,40,42-43,48,50,52,54,71,74H,5-9,11,14,19-20,22-23,25-30,32-34H2,1-4H3,(H,66,76)(H,68,77)(H,69,80)(H,70,75)/t40?,42?,43-,48+,50+,52-,54-,62-/m1/s1. The van der Waals surface area contributed by atoms with Crippen LogP contribution in [0.1, 0.15) is 152 Å². The fourth-order valence-corrected chi connectivity index (χ4v) is 15.6. The fraction of sp³-hybridized carbons (Fsp3) is 0.565. The van der Waals surface area contributed by atoms with Crippen LogP contribution < -0.4 is 26.6 Å². The minimum Gasteiger partial charge on any atom is -0.391 e. The average Bonchev–Trinajstić information content (AvgIpc) is 1.72. The first-order valence-corrected chi connectivity index (χ1v) is 30.9. The van der Waals surface area contributed by atoms with Crippen molar-refractivity contribution in [3.05, 3.63) is 104 Å². The van der Waals surface area contributed by atoms with Gasteiger partial charge in [0.05, 0.1) is 33.3 Å². The van der Waals surface area contributed by atoms with Gasteiger partial charge in [-0.3, -0.25) is 34.1 Å². The van der Waals surface area contributed by atoms with Gasteiger partial charge in [0.15, 0.2) is 0 Å². The van der Waals surface area contributed by atoms with Crippen molar-refractivity contribution in [2.24, 2.45) is 17.3 Å². The molecule has 10 rings (SSSR count). The van der Waals surface area contributed by atoms with Crippen LogP contribution in [0.15, 0.2) is 66.2 Å². The van der Waals surface area contributed by atoms with Gasteiger partial charge in [0.25, 0.3) is 0 Å². The molecule has 6 aliphatic rings. The van der Waals surface area contributed by atoms with Crippen LogP contribution in [0.2, 0.25) is 10.0 Å². The van der Waals surface area contributed by atoms with E-state index in [1.165, 1.54) is 11.0 Å². The van der Waals surface area contributed by atoms with Crippen LogP contribution in [-0.4, -0.2) is 111 Å². The third kappa shape index (κ3) is 11.9. The molecule has 0 bridgehead atoms. The van der Waals surface area contributed by atoms with Gasteiger partial charge in [0.2, 0.25) is 35.4 Å². The smallest absolute Gasteiger partial charge is 0.246 e. The third-order valence-corrected chi connectivity index (χ3v) is 20.1. The first kappa shape index (κ1) is 58.7. The van der Waals surface area contributed by atoms with E-state index in [4.69, 9.17) is 23.2 Å². The van der Waals surface area contributed by atoms with Gasteiger partial charge in [-0.05, 0) is 116 Å². The summed E-state index contributed by atoms with van der Waals surface area (Å²) in [4.78, 5) is 93.6. The number of carbonyl (C=O) groups is 6. The maximum Gasteiger partial charge on any atom is 0.246 e. The number of thiazole rings is 1. The van der Waals surface area contributed by atoms with E-state index in [1.807, 2.05) is 68.4 Å². The Hall–Kier alpha value is -5.46. The number of nitrogens with one attached hydrogen (secondary N) is 5. The number of aliphatic hydroxyl groups excluding tert-OH is 1. The lowest BCUT2D eigenvalue weighted by molar-refractivity contribution is -0.144. The molecule has 4 aliphatic heterocycles. The number of rotatable bonds is 15. The number of amides is 6. The number of aliphatic hydroxyl groups is 1. The van der Waals surface area contributed by atoms with Crippen LogP contribution in [-0.2, 0) is 40.7 Å². The first-order chi connectivity index (χ1) is 38.8. The van der Waals surface area contributed by atoms with Crippen molar-refractivity contribution in [1.29, 1.82) is 0 Å². The van der Waals surface area contributed by atoms with E-state index >= 15 is 4.39 Å². The lowest BCUT2D eigenvalue weighted by Crippen LogP contribution is -2.60. The highest BCUT2D eigenvalue weighted by Crippen LogP contribution is 2.63. The zero-order chi connectivity index (χ0) is 57.4. The molecule has 5 fully saturated rings. The molecule has 1 aromatic heterocycles. The highest BCUT2D eigenvalue weighted by molar-refractivity contribution is 7.13. The maximum absolute atomic E-state index is 16.4. The highest BCUT2D eigenvalue weighted by atomic mass is 35.5. The van der Waals surface area contributed by atoms with Crippen LogP contribution in [0, 0.1) is 30.0 Å². The molecule has 2 saturated carbocycles. The van der Waals surface area contributed by atoms with Gasteiger partial charge >= 0.3 is 0 Å². The Balaban J connectivity index is 0.675.